The van der Waals surface area contributed by atoms with Crippen molar-refractivity contribution in [2.75, 3.05) is 13.7 Å². The zero-order valence-corrected chi connectivity index (χ0v) is 11.0. The number of ether oxygens (including phenoxy) is 1. The third-order valence-corrected chi connectivity index (χ3v) is 2.64. The van der Waals surface area contributed by atoms with Crippen molar-refractivity contribution in [1.82, 2.24) is 15.1 Å². The molecule has 0 unspecified atom stereocenters. The lowest BCUT2D eigenvalue weighted by atomic mass is 10.2. The van der Waals surface area contributed by atoms with Crippen molar-refractivity contribution in [3.05, 3.63) is 17.0 Å². The first kappa shape index (κ1) is 13.2. The van der Waals surface area contributed by atoms with Crippen LogP contribution in [0, 0.1) is 13.8 Å². The molecule has 0 aliphatic rings. The highest BCUT2D eigenvalue weighted by Gasteiger charge is 2.10. The Morgan fingerprint density at radius 2 is 2.06 bits per heavy atom. The van der Waals surface area contributed by atoms with Crippen LogP contribution in [-0.4, -0.2) is 29.5 Å². The Morgan fingerprint density at radius 1 is 1.38 bits per heavy atom. The van der Waals surface area contributed by atoms with Crippen LogP contribution in [0.25, 0.3) is 0 Å². The van der Waals surface area contributed by atoms with Crippen molar-refractivity contribution < 1.29 is 4.74 Å². The smallest absolute Gasteiger partial charge is 0.0666 e. The van der Waals surface area contributed by atoms with Crippen LogP contribution in [0.3, 0.4) is 0 Å². The standard InChI is InChI=1S/C12H23N3O/c1-9(2)16-7-6-15-11(4)12(8-13-5)10(3)14-15/h9,13H,6-8H2,1-5H3. The molecule has 1 rings (SSSR count). The highest BCUT2D eigenvalue weighted by molar-refractivity contribution is 5.24. The van der Waals surface area contributed by atoms with Crippen LogP contribution in [0.2, 0.25) is 0 Å². The molecule has 0 aliphatic carbocycles. The molecule has 4 heteroatoms. The molecule has 1 N–H and O–H groups in total. The van der Waals surface area contributed by atoms with E-state index in [1.807, 2.05) is 25.6 Å². The zero-order chi connectivity index (χ0) is 12.1. The van der Waals surface area contributed by atoms with Crippen LogP contribution >= 0.6 is 0 Å². The van der Waals surface area contributed by atoms with Crippen LogP contribution in [-0.2, 0) is 17.8 Å². The van der Waals surface area contributed by atoms with Gasteiger partial charge in [0.2, 0.25) is 0 Å². The maximum absolute atomic E-state index is 5.53. The predicted octanol–water partition coefficient (Wildman–Crippen LogP) is 1.64. The molecule has 1 aromatic rings. The maximum atomic E-state index is 5.53. The van der Waals surface area contributed by atoms with Gasteiger partial charge in [-0.2, -0.15) is 5.10 Å². The summed E-state index contributed by atoms with van der Waals surface area (Å²) in [5.41, 5.74) is 3.64. The quantitative estimate of drug-likeness (QED) is 0.800. The number of aromatic nitrogens is 2. The fourth-order valence-corrected chi connectivity index (χ4v) is 1.76. The van der Waals surface area contributed by atoms with Crippen molar-refractivity contribution in [2.45, 2.75) is 46.9 Å². The summed E-state index contributed by atoms with van der Waals surface area (Å²) in [5.74, 6) is 0. The van der Waals surface area contributed by atoms with E-state index in [1.165, 1.54) is 11.3 Å². The van der Waals surface area contributed by atoms with Gasteiger partial charge in [0.25, 0.3) is 0 Å². The summed E-state index contributed by atoms with van der Waals surface area (Å²) >= 11 is 0. The first-order valence-electron chi connectivity index (χ1n) is 5.85. The second kappa shape index (κ2) is 6.01. The van der Waals surface area contributed by atoms with Crippen molar-refractivity contribution >= 4 is 0 Å². The fraction of sp³-hybridized carbons (Fsp3) is 0.750. The Hall–Kier alpha value is -0.870. The van der Waals surface area contributed by atoms with Gasteiger partial charge in [0.05, 0.1) is 24.9 Å². The molecule has 0 spiro atoms. The molecular formula is C12H23N3O. The summed E-state index contributed by atoms with van der Waals surface area (Å²) in [6.45, 7) is 10.7. The molecule has 0 aromatic carbocycles. The van der Waals surface area contributed by atoms with Gasteiger partial charge in [-0.15, -0.1) is 0 Å². The molecule has 0 radical (unpaired) electrons. The maximum Gasteiger partial charge on any atom is 0.0666 e. The predicted molar refractivity (Wildman–Crippen MR) is 65.6 cm³/mol. The lowest BCUT2D eigenvalue weighted by Gasteiger charge is -2.09. The van der Waals surface area contributed by atoms with E-state index in [0.29, 0.717) is 0 Å². The number of hydrogen-bond donors (Lipinski definition) is 1. The van der Waals surface area contributed by atoms with Crippen LogP contribution in [0.4, 0.5) is 0 Å². The van der Waals surface area contributed by atoms with E-state index >= 15 is 0 Å². The summed E-state index contributed by atoms with van der Waals surface area (Å²) in [7, 11) is 1.96. The third-order valence-electron chi connectivity index (χ3n) is 2.64. The Morgan fingerprint density at radius 3 is 2.62 bits per heavy atom. The fourth-order valence-electron chi connectivity index (χ4n) is 1.76. The van der Waals surface area contributed by atoms with Gasteiger partial charge in [0.15, 0.2) is 0 Å². The summed E-state index contributed by atoms with van der Waals surface area (Å²) in [6, 6.07) is 0. The number of rotatable bonds is 6. The summed E-state index contributed by atoms with van der Waals surface area (Å²) in [6.07, 6.45) is 0.286. The minimum atomic E-state index is 0.286. The van der Waals surface area contributed by atoms with E-state index in [4.69, 9.17) is 4.74 Å². The molecule has 0 saturated heterocycles. The van der Waals surface area contributed by atoms with Crippen molar-refractivity contribution in [1.29, 1.82) is 0 Å². The van der Waals surface area contributed by atoms with E-state index in [-0.39, 0.29) is 6.10 Å². The Balaban J connectivity index is 2.63. The van der Waals surface area contributed by atoms with Gasteiger partial charge in [-0.05, 0) is 34.7 Å². The second-order valence-electron chi connectivity index (χ2n) is 4.32. The van der Waals surface area contributed by atoms with E-state index in [1.54, 1.807) is 0 Å². The molecule has 1 heterocycles. The molecule has 0 fully saturated rings. The minimum absolute atomic E-state index is 0.286. The van der Waals surface area contributed by atoms with Gasteiger partial charge >= 0.3 is 0 Å². The molecule has 0 aliphatic heterocycles. The van der Waals surface area contributed by atoms with Gasteiger partial charge in [-0.3, -0.25) is 4.68 Å². The molecule has 1 aromatic heterocycles. The van der Waals surface area contributed by atoms with Crippen LogP contribution in [0.15, 0.2) is 0 Å². The summed E-state index contributed by atoms with van der Waals surface area (Å²) in [4.78, 5) is 0. The van der Waals surface area contributed by atoms with Gasteiger partial charge in [0.1, 0.15) is 0 Å². The molecule has 0 saturated carbocycles. The average molecular weight is 225 g/mol. The number of nitrogens with zero attached hydrogens (tertiary/aromatic N) is 2. The summed E-state index contributed by atoms with van der Waals surface area (Å²) < 4.78 is 7.57. The second-order valence-corrected chi connectivity index (χ2v) is 4.32. The number of nitrogens with one attached hydrogen (secondary N) is 1. The summed E-state index contributed by atoms with van der Waals surface area (Å²) in [5, 5.41) is 7.69. The monoisotopic (exact) mass is 225 g/mol. The molecule has 4 nitrogen and oxygen atoms in total. The lowest BCUT2D eigenvalue weighted by molar-refractivity contribution is 0.0706. The number of hydrogen-bond acceptors (Lipinski definition) is 3. The third kappa shape index (κ3) is 3.32. The van der Waals surface area contributed by atoms with Crippen molar-refractivity contribution in [2.24, 2.45) is 0 Å². The van der Waals surface area contributed by atoms with E-state index in [0.717, 1.165) is 25.4 Å². The van der Waals surface area contributed by atoms with E-state index in [2.05, 4.69) is 24.3 Å². The largest absolute Gasteiger partial charge is 0.377 e. The lowest BCUT2D eigenvalue weighted by Crippen LogP contribution is -2.13. The minimum Gasteiger partial charge on any atom is -0.377 e. The van der Waals surface area contributed by atoms with Crippen LogP contribution in [0.5, 0.6) is 0 Å². The zero-order valence-electron chi connectivity index (χ0n) is 11.0. The van der Waals surface area contributed by atoms with E-state index < -0.39 is 0 Å². The van der Waals surface area contributed by atoms with Crippen LogP contribution in [0.1, 0.15) is 30.8 Å². The first-order valence-corrected chi connectivity index (χ1v) is 5.85. The molecular weight excluding hydrogens is 202 g/mol. The highest BCUT2D eigenvalue weighted by Crippen LogP contribution is 2.12. The molecule has 0 atom stereocenters. The Labute approximate surface area is 98.0 Å². The molecule has 0 amide bonds. The normalized spacial score (nSPS) is 11.4. The van der Waals surface area contributed by atoms with Crippen molar-refractivity contribution in [3.8, 4) is 0 Å². The molecule has 92 valence electrons. The molecule has 16 heavy (non-hydrogen) atoms. The average Bonchev–Trinajstić information content (AvgIpc) is 2.46. The highest BCUT2D eigenvalue weighted by atomic mass is 16.5. The Kier molecular flexibility index (Phi) is 4.96. The SMILES string of the molecule is CNCc1c(C)nn(CCOC(C)C)c1C. The van der Waals surface area contributed by atoms with Gasteiger partial charge in [-0.25, -0.2) is 0 Å². The topological polar surface area (TPSA) is 39.1 Å². The Bertz CT molecular complexity index is 331. The molecule has 0 bridgehead atoms. The first-order chi connectivity index (χ1) is 7.56. The number of aryl methyl sites for hydroxylation is 1. The van der Waals surface area contributed by atoms with E-state index in [9.17, 15) is 0 Å². The van der Waals surface area contributed by atoms with Gasteiger partial charge in [0, 0.05) is 17.8 Å². The van der Waals surface area contributed by atoms with Crippen molar-refractivity contribution in [3.63, 3.8) is 0 Å². The van der Waals surface area contributed by atoms with Gasteiger partial charge in [-0.1, -0.05) is 0 Å². The van der Waals surface area contributed by atoms with Crippen LogP contribution < -0.4 is 5.32 Å². The van der Waals surface area contributed by atoms with Gasteiger partial charge < -0.3 is 10.1 Å².